The predicted molar refractivity (Wildman–Crippen MR) is 52.5 cm³/mol. The highest BCUT2D eigenvalue weighted by Gasteiger charge is 2.09. The molecule has 0 radical (unpaired) electrons. The zero-order valence-corrected chi connectivity index (χ0v) is 6.95. The lowest BCUT2D eigenvalue weighted by molar-refractivity contribution is 0.0342. The van der Waals surface area contributed by atoms with Crippen LogP contribution < -0.4 is 0 Å². The highest BCUT2D eigenvalue weighted by Crippen LogP contribution is 2.05. The van der Waals surface area contributed by atoms with E-state index in [4.69, 9.17) is 11.0 Å². The number of morpholine rings is 1. The van der Waals surface area contributed by atoms with E-state index in [2.05, 4.69) is 4.74 Å². The van der Waals surface area contributed by atoms with E-state index >= 15 is 0 Å². The fraction of sp³-hybridized carbons (Fsp3) is 0.455. The summed E-state index contributed by atoms with van der Waals surface area (Å²) < 4.78 is 66.2. The Bertz CT molecular complexity index is 492. The van der Waals surface area contributed by atoms with Gasteiger partial charge in [-0.2, -0.15) is 0 Å². The van der Waals surface area contributed by atoms with Crippen LogP contribution in [0.5, 0.6) is 0 Å². The van der Waals surface area contributed by atoms with E-state index in [1.165, 1.54) is 0 Å². The molecule has 1 heterocycles. The van der Waals surface area contributed by atoms with Gasteiger partial charge in [-0.3, -0.25) is 4.90 Å². The average molecular weight is 185 g/mol. The van der Waals surface area contributed by atoms with Crippen LogP contribution in [0.4, 0.5) is 0 Å². The maximum atomic E-state index is 7.85. The molecule has 1 saturated heterocycles. The van der Waals surface area contributed by atoms with E-state index in [0.29, 0.717) is 10.5 Å². The van der Waals surface area contributed by atoms with E-state index in [0.717, 1.165) is 0 Å². The second kappa shape index (κ2) is 4.40. The predicted octanol–water partition coefficient (Wildman–Crippen LogP) is 1.52. The molecule has 0 saturated carbocycles. The van der Waals surface area contributed by atoms with Crippen LogP contribution in [0, 0.1) is 0 Å². The molecule has 1 aromatic carbocycles. The highest BCUT2D eigenvalue weighted by molar-refractivity contribution is 5.14. The lowest BCUT2D eigenvalue weighted by atomic mass is 10.2. The summed E-state index contributed by atoms with van der Waals surface area (Å²) in [6.07, 6.45) is 0. The third-order valence-corrected chi connectivity index (χ3v) is 1.65. The molecule has 2 heteroatoms. The summed E-state index contributed by atoms with van der Waals surface area (Å²) in [6, 6.07) is 8.37. The molecule has 0 amide bonds. The molecule has 0 atom stereocenters. The Kier molecular flexibility index (Phi) is 1.14. The van der Waals surface area contributed by atoms with Crippen molar-refractivity contribution >= 4 is 0 Å². The van der Waals surface area contributed by atoms with Crippen LogP contribution in [-0.4, -0.2) is 31.0 Å². The summed E-state index contributed by atoms with van der Waals surface area (Å²) >= 11 is 0. The Morgan fingerprint density at radius 2 is 1.92 bits per heavy atom. The van der Waals surface area contributed by atoms with Gasteiger partial charge in [0.25, 0.3) is 0 Å². The first-order valence-electron chi connectivity index (χ1n) is 7.94. The Morgan fingerprint density at radius 1 is 1.23 bits per heavy atom. The van der Waals surface area contributed by atoms with Gasteiger partial charge in [-0.05, 0) is 5.56 Å². The summed E-state index contributed by atoms with van der Waals surface area (Å²) in [7, 11) is 0. The largest absolute Gasteiger partial charge is 0.379 e. The lowest BCUT2D eigenvalue weighted by Gasteiger charge is -2.26. The van der Waals surface area contributed by atoms with Gasteiger partial charge in [-0.25, -0.2) is 0 Å². The second-order valence-electron chi connectivity index (χ2n) is 2.60. The van der Waals surface area contributed by atoms with Crippen molar-refractivity contribution in [3.05, 3.63) is 35.9 Å². The fourth-order valence-electron chi connectivity index (χ4n) is 1.05. The van der Waals surface area contributed by atoms with Crippen molar-refractivity contribution in [3.8, 4) is 0 Å². The maximum Gasteiger partial charge on any atom is 0.0594 e. The van der Waals surface area contributed by atoms with Crippen molar-refractivity contribution < 1.29 is 15.7 Å². The van der Waals surface area contributed by atoms with E-state index in [1.807, 2.05) is 0 Å². The van der Waals surface area contributed by atoms with Crippen LogP contribution in [0.1, 0.15) is 16.5 Å². The average Bonchev–Trinajstić information content (AvgIpc) is 2.34. The van der Waals surface area contributed by atoms with Crippen LogP contribution >= 0.6 is 0 Å². The molecule has 0 unspecified atom stereocenters. The van der Waals surface area contributed by atoms with Crippen molar-refractivity contribution in [2.75, 3.05) is 26.1 Å². The molecule has 0 bridgehead atoms. The van der Waals surface area contributed by atoms with Gasteiger partial charge in [-0.15, -0.1) is 0 Å². The second-order valence-corrected chi connectivity index (χ2v) is 2.60. The van der Waals surface area contributed by atoms with Gasteiger partial charge >= 0.3 is 0 Å². The van der Waals surface area contributed by atoms with Gasteiger partial charge in [0, 0.05) is 25.0 Å². The Labute approximate surface area is 90.4 Å². The molecule has 1 aliphatic heterocycles. The van der Waals surface area contributed by atoms with Gasteiger partial charge in [0.1, 0.15) is 0 Å². The SMILES string of the molecule is [2H]C1([2H])OC([2H])([2H])C([2H])([2H])N(Cc2ccccc2)C1([2H])[2H]. The molecule has 2 rings (SSSR count). The van der Waals surface area contributed by atoms with Crippen LogP contribution in [0.25, 0.3) is 0 Å². The van der Waals surface area contributed by atoms with Gasteiger partial charge in [0.15, 0.2) is 0 Å². The lowest BCUT2D eigenvalue weighted by Crippen LogP contribution is -2.35. The number of nitrogens with zero attached hydrogens (tertiary/aromatic N) is 1. The molecule has 1 fully saturated rings. The maximum absolute atomic E-state index is 7.85. The van der Waals surface area contributed by atoms with Crippen molar-refractivity contribution in [2.24, 2.45) is 0 Å². The summed E-state index contributed by atoms with van der Waals surface area (Å²) in [4.78, 5) is 0.527. The zero-order valence-electron chi connectivity index (χ0n) is 14.9. The molecule has 0 aliphatic carbocycles. The van der Waals surface area contributed by atoms with Crippen LogP contribution in [0.15, 0.2) is 30.3 Å². The fourth-order valence-corrected chi connectivity index (χ4v) is 1.05. The third-order valence-electron chi connectivity index (χ3n) is 1.65. The van der Waals surface area contributed by atoms with Crippen molar-refractivity contribution in [1.82, 2.24) is 4.90 Å². The molecule has 13 heavy (non-hydrogen) atoms. The molecular formula is C11H15NO. The summed E-state index contributed by atoms with van der Waals surface area (Å²) in [6.45, 7) is -11.9. The van der Waals surface area contributed by atoms with Crippen molar-refractivity contribution in [1.29, 1.82) is 0 Å². The molecule has 0 aromatic heterocycles. The molecule has 1 aromatic rings. The first kappa shape index (κ1) is 3.37. The number of benzene rings is 1. The Morgan fingerprint density at radius 3 is 2.62 bits per heavy atom. The summed E-state index contributed by atoms with van der Waals surface area (Å²) in [5.74, 6) is 0. The number of ether oxygens (including phenoxy) is 1. The molecule has 0 spiro atoms. The molecule has 1 aliphatic rings. The minimum atomic E-state index is -2.99. The minimum absolute atomic E-state index is 0.288. The number of hydrogen-bond donors (Lipinski definition) is 0. The quantitative estimate of drug-likeness (QED) is 0.692. The van der Waals surface area contributed by atoms with E-state index in [-0.39, 0.29) is 6.54 Å². The summed E-state index contributed by atoms with van der Waals surface area (Å²) in [5.41, 5.74) is 0.541. The Balaban J connectivity index is 2.47. The number of hydrogen-bond acceptors (Lipinski definition) is 2. The molecule has 2 nitrogen and oxygen atoms in total. The third kappa shape index (κ3) is 2.54. The van der Waals surface area contributed by atoms with Crippen LogP contribution in [0.2, 0.25) is 0 Å². The topological polar surface area (TPSA) is 12.5 Å². The van der Waals surface area contributed by atoms with Crippen LogP contribution in [-0.2, 0) is 11.3 Å². The van der Waals surface area contributed by atoms with Gasteiger partial charge in [-0.1, -0.05) is 30.3 Å². The first-order valence-corrected chi connectivity index (χ1v) is 3.94. The van der Waals surface area contributed by atoms with Gasteiger partial charge in [0.2, 0.25) is 0 Å². The molecule has 0 N–H and O–H groups in total. The van der Waals surface area contributed by atoms with Crippen molar-refractivity contribution in [2.45, 2.75) is 6.54 Å². The summed E-state index contributed by atoms with van der Waals surface area (Å²) in [5, 5.41) is 0. The molecule has 70 valence electrons. The van der Waals surface area contributed by atoms with E-state index in [9.17, 15) is 0 Å². The van der Waals surface area contributed by atoms with Gasteiger partial charge < -0.3 is 4.74 Å². The molecular weight excluding hydrogens is 162 g/mol. The smallest absolute Gasteiger partial charge is 0.0594 e. The number of rotatable bonds is 2. The minimum Gasteiger partial charge on any atom is -0.379 e. The standard InChI is InChI=1S/C11H15NO/c1-2-4-11(5-3-1)10-12-6-8-13-9-7-12/h1-5H,6-10H2/i6D2,7D2,8D2,9D2. The van der Waals surface area contributed by atoms with Gasteiger partial charge in [0.05, 0.1) is 18.6 Å². The zero-order chi connectivity index (χ0) is 16.1. The Hall–Kier alpha value is -0.860. The monoisotopic (exact) mass is 185 g/mol. The van der Waals surface area contributed by atoms with Crippen molar-refractivity contribution in [3.63, 3.8) is 0 Å². The van der Waals surface area contributed by atoms with Crippen LogP contribution in [0.3, 0.4) is 0 Å². The first-order chi connectivity index (χ1) is 9.42. The van der Waals surface area contributed by atoms with E-state index < -0.39 is 26.1 Å². The normalized spacial score (nSPS) is 43.4. The van der Waals surface area contributed by atoms with E-state index in [1.54, 1.807) is 30.3 Å². The highest BCUT2D eigenvalue weighted by atomic mass is 16.5.